The van der Waals surface area contributed by atoms with Crippen LogP contribution in [0.5, 0.6) is 0 Å². The average molecular weight is 318 g/mol. The first-order chi connectivity index (χ1) is 10.8. The minimum Gasteiger partial charge on any atom is -0.378 e. The van der Waals surface area contributed by atoms with Crippen LogP contribution in [-0.4, -0.2) is 43.5 Å². The van der Waals surface area contributed by atoms with E-state index in [4.69, 9.17) is 14.5 Å². The van der Waals surface area contributed by atoms with Crippen molar-refractivity contribution in [3.05, 3.63) is 24.3 Å². The van der Waals surface area contributed by atoms with E-state index in [0.717, 1.165) is 56.0 Å². The summed E-state index contributed by atoms with van der Waals surface area (Å²) in [5.41, 5.74) is 1.03. The SMILES string of the molecule is CO[C@@H]1CCCOC12CCN(c1nc3ccccc3s1)CC2. The van der Waals surface area contributed by atoms with Gasteiger partial charge in [0, 0.05) is 26.8 Å². The quantitative estimate of drug-likeness (QED) is 0.849. The second kappa shape index (κ2) is 5.80. The highest BCUT2D eigenvalue weighted by Gasteiger charge is 2.45. The molecule has 1 atom stereocenters. The fourth-order valence-corrected chi connectivity index (χ4v) is 4.79. The maximum absolute atomic E-state index is 6.18. The molecule has 2 saturated heterocycles. The zero-order valence-electron chi connectivity index (χ0n) is 13.0. The molecule has 118 valence electrons. The summed E-state index contributed by atoms with van der Waals surface area (Å²) in [5, 5.41) is 1.14. The van der Waals surface area contributed by atoms with E-state index in [2.05, 4.69) is 29.2 Å². The standard InChI is InChI=1S/C17H22N2O2S/c1-20-15-7-4-12-21-17(15)8-10-19(11-9-17)16-18-13-5-2-3-6-14(13)22-16/h2-3,5-6,15H,4,7-12H2,1H3/t15-/m1/s1. The molecule has 0 radical (unpaired) electrons. The van der Waals surface area contributed by atoms with Crippen LogP contribution in [0.25, 0.3) is 10.2 Å². The number of para-hydroxylation sites is 1. The predicted molar refractivity (Wildman–Crippen MR) is 89.8 cm³/mol. The van der Waals surface area contributed by atoms with Gasteiger partial charge in [0.05, 0.1) is 21.9 Å². The van der Waals surface area contributed by atoms with Gasteiger partial charge in [-0.05, 0) is 37.8 Å². The van der Waals surface area contributed by atoms with Crippen molar-refractivity contribution in [2.24, 2.45) is 0 Å². The van der Waals surface area contributed by atoms with Crippen LogP contribution in [0.3, 0.4) is 0 Å². The van der Waals surface area contributed by atoms with Crippen LogP contribution in [0.2, 0.25) is 0 Å². The van der Waals surface area contributed by atoms with Gasteiger partial charge in [-0.25, -0.2) is 4.98 Å². The van der Waals surface area contributed by atoms with Gasteiger partial charge in [0.2, 0.25) is 0 Å². The second-order valence-corrected chi connectivity index (χ2v) is 7.24. The fraction of sp³-hybridized carbons (Fsp3) is 0.588. The van der Waals surface area contributed by atoms with Gasteiger partial charge in [0.25, 0.3) is 0 Å². The van der Waals surface area contributed by atoms with Crippen LogP contribution < -0.4 is 4.90 Å². The molecule has 3 heterocycles. The molecule has 1 spiro atoms. The van der Waals surface area contributed by atoms with Crippen LogP contribution in [0.15, 0.2) is 24.3 Å². The Kier molecular flexibility index (Phi) is 3.80. The third kappa shape index (κ3) is 2.41. The van der Waals surface area contributed by atoms with E-state index in [1.165, 1.54) is 4.70 Å². The smallest absolute Gasteiger partial charge is 0.186 e. The van der Waals surface area contributed by atoms with Crippen molar-refractivity contribution < 1.29 is 9.47 Å². The Morgan fingerprint density at radius 3 is 2.91 bits per heavy atom. The summed E-state index contributed by atoms with van der Waals surface area (Å²) < 4.78 is 13.2. The van der Waals surface area contributed by atoms with Crippen molar-refractivity contribution in [1.29, 1.82) is 0 Å². The Labute approximate surface area is 135 Å². The van der Waals surface area contributed by atoms with Crippen LogP contribution >= 0.6 is 11.3 Å². The first-order valence-electron chi connectivity index (χ1n) is 8.08. The van der Waals surface area contributed by atoms with Crippen LogP contribution in [0, 0.1) is 0 Å². The lowest BCUT2D eigenvalue weighted by Gasteiger charge is -2.48. The van der Waals surface area contributed by atoms with Crippen LogP contribution in [0.1, 0.15) is 25.7 Å². The van der Waals surface area contributed by atoms with Gasteiger partial charge < -0.3 is 14.4 Å². The highest BCUT2D eigenvalue weighted by Crippen LogP contribution is 2.39. The minimum atomic E-state index is -0.0693. The van der Waals surface area contributed by atoms with Crippen molar-refractivity contribution in [3.63, 3.8) is 0 Å². The number of nitrogens with zero attached hydrogens (tertiary/aromatic N) is 2. The highest BCUT2D eigenvalue weighted by molar-refractivity contribution is 7.22. The summed E-state index contributed by atoms with van der Waals surface area (Å²) in [6.45, 7) is 2.88. The van der Waals surface area contributed by atoms with E-state index in [1.807, 2.05) is 7.11 Å². The second-order valence-electron chi connectivity index (χ2n) is 6.23. The fourth-order valence-electron chi connectivity index (χ4n) is 3.77. The molecule has 1 aromatic carbocycles. The average Bonchev–Trinajstić information content (AvgIpc) is 3.00. The van der Waals surface area contributed by atoms with E-state index in [-0.39, 0.29) is 11.7 Å². The number of ether oxygens (including phenoxy) is 2. The number of aromatic nitrogens is 1. The number of rotatable bonds is 2. The zero-order chi connectivity index (χ0) is 15.0. The molecule has 0 amide bonds. The molecule has 0 N–H and O–H groups in total. The summed E-state index contributed by atoms with van der Waals surface area (Å²) >= 11 is 1.79. The topological polar surface area (TPSA) is 34.6 Å². The Morgan fingerprint density at radius 1 is 1.32 bits per heavy atom. The molecule has 22 heavy (non-hydrogen) atoms. The lowest BCUT2D eigenvalue weighted by molar-refractivity contribution is -0.175. The van der Waals surface area contributed by atoms with E-state index in [0.29, 0.717) is 0 Å². The molecule has 0 bridgehead atoms. The molecule has 4 nitrogen and oxygen atoms in total. The van der Waals surface area contributed by atoms with Crippen LogP contribution in [0.4, 0.5) is 5.13 Å². The molecule has 2 aromatic rings. The number of hydrogen-bond donors (Lipinski definition) is 0. The molecular weight excluding hydrogens is 296 g/mol. The summed E-state index contributed by atoms with van der Waals surface area (Å²) in [5.74, 6) is 0. The van der Waals surface area contributed by atoms with Crippen molar-refractivity contribution in [2.75, 3.05) is 31.7 Å². The number of methoxy groups -OCH3 is 1. The Bertz CT molecular complexity index is 616. The molecule has 4 rings (SSSR count). The Balaban J connectivity index is 1.51. The lowest BCUT2D eigenvalue weighted by atomic mass is 9.82. The van der Waals surface area contributed by atoms with Gasteiger partial charge in [-0.1, -0.05) is 23.5 Å². The van der Waals surface area contributed by atoms with Gasteiger partial charge in [-0.2, -0.15) is 0 Å². The number of thiazole rings is 1. The van der Waals surface area contributed by atoms with Crippen molar-refractivity contribution in [2.45, 2.75) is 37.4 Å². The number of anilines is 1. The molecule has 2 aliphatic heterocycles. The Morgan fingerprint density at radius 2 is 2.14 bits per heavy atom. The van der Waals surface area contributed by atoms with Gasteiger partial charge in [0.1, 0.15) is 0 Å². The highest BCUT2D eigenvalue weighted by atomic mass is 32.1. The number of piperidine rings is 1. The van der Waals surface area contributed by atoms with E-state index in [1.54, 1.807) is 11.3 Å². The third-order valence-electron chi connectivity index (χ3n) is 5.03. The molecule has 2 aliphatic rings. The lowest BCUT2D eigenvalue weighted by Crippen LogP contribution is -2.56. The van der Waals surface area contributed by atoms with Crippen molar-refractivity contribution in [3.8, 4) is 0 Å². The number of hydrogen-bond acceptors (Lipinski definition) is 5. The maximum Gasteiger partial charge on any atom is 0.186 e. The summed E-state index contributed by atoms with van der Waals surface area (Å²) in [7, 11) is 1.82. The van der Waals surface area contributed by atoms with Crippen LogP contribution in [-0.2, 0) is 9.47 Å². The van der Waals surface area contributed by atoms with E-state index < -0.39 is 0 Å². The summed E-state index contributed by atoms with van der Waals surface area (Å²) in [6.07, 6.45) is 4.54. The third-order valence-corrected chi connectivity index (χ3v) is 6.13. The summed E-state index contributed by atoms with van der Waals surface area (Å²) in [4.78, 5) is 7.18. The van der Waals surface area contributed by atoms with Crippen molar-refractivity contribution in [1.82, 2.24) is 4.98 Å². The Hall–Kier alpha value is -1.17. The van der Waals surface area contributed by atoms with E-state index in [9.17, 15) is 0 Å². The molecule has 0 aliphatic carbocycles. The predicted octanol–water partition coefficient (Wildman–Crippen LogP) is 3.46. The zero-order valence-corrected chi connectivity index (χ0v) is 13.8. The largest absolute Gasteiger partial charge is 0.378 e. The van der Waals surface area contributed by atoms with Gasteiger partial charge in [-0.3, -0.25) is 0 Å². The monoisotopic (exact) mass is 318 g/mol. The first-order valence-corrected chi connectivity index (χ1v) is 8.90. The molecule has 1 aromatic heterocycles. The maximum atomic E-state index is 6.18. The minimum absolute atomic E-state index is 0.0693. The molecule has 5 heteroatoms. The molecule has 0 saturated carbocycles. The van der Waals surface area contributed by atoms with Crippen molar-refractivity contribution >= 4 is 26.7 Å². The molecule has 2 fully saturated rings. The molecule has 0 unspecified atom stereocenters. The van der Waals surface area contributed by atoms with Gasteiger partial charge >= 0.3 is 0 Å². The normalized spacial score (nSPS) is 25.0. The van der Waals surface area contributed by atoms with Gasteiger partial charge in [-0.15, -0.1) is 0 Å². The molecular formula is C17H22N2O2S. The van der Waals surface area contributed by atoms with Gasteiger partial charge in [0.15, 0.2) is 5.13 Å². The van der Waals surface area contributed by atoms with E-state index >= 15 is 0 Å². The first kappa shape index (κ1) is 14.4. The number of benzene rings is 1. The number of fused-ring (bicyclic) bond motifs is 1. The summed E-state index contributed by atoms with van der Waals surface area (Å²) in [6, 6.07) is 8.36.